The summed E-state index contributed by atoms with van der Waals surface area (Å²) in [5.41, 5.74) is 6.69. The molecule has 1 aromatic carbocycles. The lowest BCUT2D eigenvalue weighted by Gasteiger charge is -2.18. The van der Waals surface area contributed by atoms with Gasteiger partial charge < -0.3 is 19.9 Å². The van der Waals surface area contributed by atoms with E-state index in [4.69, 9.17) is 19.9 Å². The molecule has 0 saturated heterocycles. The molecule has 5 heteroatoms. The Hall–Kier alpha value is -1.75. The first-order chi connectivity index (χ1) is 8.63. The zero-order chi connectivity index (χ0) is 13.5. The average Bonchev–Trinajstić information content (AvgIpc) is 2.37. The van der Waals surface area contributed by atoms with E-state index in [9.17, 15) is 4.79 Å². The van der Waals surface area contributed by atoms with E-state index in [-0.39, 0.29) is 12.4 Å². The molecule has 18 heavy (non-hydrogen) atoms. The van der Waals surface area contributed by atoms with E-state index in [0.29, 0.717) is 23.7 Å². The van der Waals surface area contributed by atoms with Crippen LogP contribution in [0.1, 0.15) is 24.9 Å². The van der Waals surface area contributed by atoms with Crippen LogP contribution in [0.25, 0.3) is 0 Å². The minimum absolute atomic E-state index is 0.0879. The van der Waals surface area contributed by atoms with Crippen molar-refractivity contribution in [1.82, 2.24) is 0 Å². The molecule has 0 aromatic heterocycles. The highest BCUT2D eigenvalue weighted by atomic mass is 16.5. The van der Waals surface area contributed by atoms with Crippen LogP contribution in [-0.4, -0.2) is 26.8 Å². The lowest BCUT2D eigenvalue weighted by atomic mass is 10.0. The molecule has 0 saturated carbocycles. The fraction of sp³-hybridized carbons (Fsp3) is 0.462. The first-order valence-corrected chi connectivity index (χ1v) is 5.76. The van der Waals surface area contributed by atoms with Gasteiger partial charge in [-0.1, -0.05) is 6.07 Å². The molecule has 5 nitrogen and oxygen atoms in total. The maximum absolute atomic E-state index is 11.4. The summed E-state index contributed by atoms with van der Waals surface area (Å²) >= 11 is 0. The van der Waals surface area contributed by atoms with Gasteiger partial charge in [-0.15, -0.1) is 0 Å². The third-order valence-corrected chi connectivity index (χ3v) is 2.53. The molecule has 100 valence electrons. The van der Waals surface area contributed by atoms with Gasteiger partial charge in [0.05, 0.1) is 32.8 Å². The number of hydrogen-bond donors (Lipinski definition) is 1. The van der Waals surface area contributed by atoms with Gasteiger partial charge in [-0.05, 0) is 19.1 Å². The third-order valence-electron chi connectivity index (χ3n) is 2.53. The summed E-state index contributed by atoms with van der Waals surface area (Å²) in [6.07, 6.45) is 0.0879. The summed E-state index contributed by atoms with van der Waals surface area (Å²) in [5, 5.41) is 0. The first-order valence-electron chi connectivity index (χ1n) is 5.76. The molecule has 1 rings (SSSR count). The number of esters is 1. The van der Waals surface area contributed by atoms with E-state index in [0.717, 1.165) is 0 Å². The lowest BCUT2D eigenvalue weighted by Crippen LogP contribution is -2.18. The van der Waals surface area contributed by atoms with Crippen molar-refractivity contribution in [2.24, 2.45) is 5.73 Å². The van der Waals surface area contributed by atoms with Crippen molar-refractivity contribution in [3.05, 3.63) is 23.8 Å². The van der Waals surface area contributed by atoms with Crippen LogP contribution in [0.4, 0.5) is 0 Å². The highest BCUT2D eigenvalue weighted by Crippen LogP contribution is 2.34. The Labute approximate surface area is 107 Å². The first kappa shape index (κ1) is 14.3. The van der Waals surface area contributed by atoms with E-state index in [1.807, 2.05) is 0 Å². The number of benzene rings is 1. The molecular formula is C13H19NO4. The minimum Gasteiger partial charge on any atom is -0.496 e. The van der Waals surface area contributed by atoms with Crippen LogP contribution in [0, 0.1) is 0 Å². The van der Waals surface area contributed by atoms with E-state index in [1.54, 1.807) is 39.3 Å². The molecule has 0 aliphatic carbocycles. The van der Waals surface area contributed by atoms with E-state index >= 15 is 0 Å². The molecule has 0 aliphatic heterocycles. The normalized spacial score (nSPS) is 11.8. The molecule has 0 fully saturated rings. The molecule has 1 aromatic rings. The predicted octanol–water partition coefficient (Wildman–Crippen LogP) is 1.66. The molecule has 0 radical (unpaired) electrons. The number of methoxy groups -OCH3 is 2. The second kappa shape index (κ2) is 6.86. The van der Waals surface area contributed by atoms with Gasteiger partial charge in [-0.3, -0.25) is 4.79 Å². The molecule has 0 bridgehead atoms. The SMILES string of the molecule is CCOC(=O)C[C@H](N)c1c(OC)cccc1OC. The van der Waals surface area contributed by atoms with Gasteiger partial charge in [-0.2, -0.15) is 0 Å². The van der Waals surface area contributed by atoms with E-state index in [2.05, 4.69) is 0 Å². The molecular weight excluding hydrogens is 234 g/mol. The summed E-state index contributed by atoms with van der Waals surface area (Å²) < 4.78 is 15.4. The van der Waals surface area contributed by atoms with Crippen molar-refractivity contribution in [2.75, 3.05) is 20.8 Å². The Morgan fingerprint density at radius 2 is 1.83 bits per heavy atom. The van der Waals surface area contributed by atoms with Gasteiger partial charge in [0, 0.05) is 6.04 Å². The Bertz CT molecular complexity index is 384. The van der Waals surface area contributed by atoms with Crippen LogP contribution in [0.3, 0.4) is 0 Å². The minimum atomic E-state index is -0.518. The highest BCUT2D eigenvalue weighted by Gasteiger charge is 2.20. The molecule has 0 heterocycles. The number of hydrogen-bond acceptors (Lipinski definition) is 5. The Kier molecular flexibility index (Phi) is 5.45. The van der Waals surface area contributed by atoms with Crippen LogP contribution >= 0.6 is 0 Å². The van der Waals surface area contributed by atoms with Gasteiger partial charge in [-0.25, -0.2) is 0 Å². The van der Waals surface area contributed by atoms with Crippen LogP contribution in [0.2, 0.25) is 0 Å². The molecule has 0 aliphatic rings. The Morgan fingerprint density at radius 3 is 2.28 bits per heavy atom. The fourth-order valence-electron chi connectivity index (χ4n) is 1.75. The summed E-state index contributed by atoms with van der Waals surface area (Å²) in [7, 11) is 3.10. The van der Waals surface area contributed by atoms with Crippen molar-refractivity contribution in [1.29, 1.82) is 0 Å². The second-order valence-electron chi connectivity index (χ2n) is 3.69. The Balaban J connectivity index is 2.95. The standard InChI is InChI=1S/C13H19NO4/c1-4-18-12(15)8-9(14)13-10(16-2)6-5-7-11(13)17-3/h5-7,9H,4,8,14H2,1-3H3/t9-/m0/s1. The summed E-state index contributed by atoms with van der Waals surface area (Å²) in [4.78, 5) is 11.4. The zero-order valence-corrected chi connectivity index (χ0v) is 10.9. The van der Waals surface area contributed by atoms with Crippen molar-refractivity contribution < 1.29 is 19.0 Å². The molecule has 0 amide bonds. The van der Waals surface area contributed by atoms with Crippen LogP contribution in [0.5, 0.6) is 11.5 Å². The van der Waals surface area contributed by atoms with E-state index < -0.39 is 6.04 Å². The van der Waals surface area contributed by atoms with Gasteiger partial charge in [0.1, 0.15) is 11.5 Å². The average molecular weight is 253 g/mol. The van der Waals surface area contributed by atoms with E-state index in [1.165, 1.54) is 0 Å². The molecule has 2 N–H and O–H groups in total. The fourth-order valence-corrected chi connectivity index (χ4v) is 1.75. The van der Waals surface area contributed by atoms with Gasteiger partial charge >= 0.3 is 5.97 Å². The number of rotatable bonds is 6. The Morgan fingerprint density at radius 1 is 1.28 bits per heavy atom. The quantitative estimate of drug-likeness (QED) is 0.781. The number of carbonyl (C=O) groups excluding carboxylic acids is 1. The summed E-state index contributed by atoms with van der Waals surface area (Å²) in [6.45, 7) is 2.10. The molecule has 0 unspecified atom stereocenters. The van der Waals surface area contributed by atoms with Crippen LogP contribution in [-0.2, 0) is 9.53 Å². The van der Waals surface area contributed by atoms with Crippen molar-refractivity contribution in [3.63, 3.8) is 0 Å². The van der Waals surface area contributed by atoms with Crippen molar-refractivity contribution >= 4 is 5.97 Å². The predicted molar refractivity (Wildman–Crippen MR) is 67.7 cm³/mol. The molecule has 0 spiro atoms. The van der Waals surface area contributed by atoms with Gasteiger partial charge in [0.2, 0.25) is 0 Å². The van der Waals surface area contributed by atoms with Crippen LogP contribution < -0.4 is 15.2 Å². The van der Waals surface area contributed by atoms with Gasteiger partial charge in [0.25, 0.3) is 0 Å². The topological polar surface area (TPSA) is 70.8 Å². The van der Waals surface area contributed by atoms with Gasteiger partial charge in [0.15, 0.2) is 0 Å². The van der Waals surface area contributed by atoms with Crippen LogP contribution in [0.15, 0.2) is 18.2 Å². The number of carbonyl (C=O) groups is 1. The summed E-state index contributed by atoms with van der Waals surface area (Å²) in [5.74, 6) is 0.871. The number of nitrogens with two attached hydrogens (primary N) is 1. The highest BCUT2D eigenvalue weighted by molar-refractivity contribution is 5.71. The van der Waals surface area contributed by atoms with Crippen molar-refractivity contribution in [2.45, 2.75) is 19.4 Å². The number of ether oxygens (including phenoxy) is 3. The summed E-state index contributed by atoms with van der Waals surface area (Å²) in [6, 6.07) is 4.85. The monoisotopic (exact) mass is 253 g/mol. The molecule has 1 atom stereocenters. The lowest BCUT2D eigenvalue weighted by molar-refractivity contribution is -0.143. The second-order valence-corrected chi connectivity index (χ2v) is 3.69. The third kappa shape index (κ3) is 3.37. The zero-order valence-electron chi connectivity index (χ0n) is 10.9. The maximum atomic E-state index is 11.4. The maximum Gasteiger partial charge on any atom is 0.307 e. The smallest absolute Gasteiger partial charge is 0.307 e. The van der Waals surface area contributed by atoms with Crippen molar-refractivity contribution in [3.8, 4) is 11.5 Å². The largest absolute Gasteiger partial charge is 0.496 e.